The third-order valence-electron chi connectivity index (χ3n) is 15.2. The van der Waals surface area contributed by atoms with Crippen molar-refractivity contribution in [2.75, 3.05) is 31.9 Å². The Kier molecular flexibility index (Phi) is 14.5. The molecular weight excluding hydrogens is 1350 g/mol. The molecule has 9 aromatic heterocycles. The highest BCUT2D eigenvalue weighted by Gasteiger charge is 2.17. The van der Waals surface area contributed by atoms with Crippen LogP contribution in [0, 0.1) is 62.2 Å². The van der Waals surface area contributed by atoms with Crippen molar-refractivity contribution in [3.8, 4) is 50.8 Å². The lowest BCUT2D eigenvalue weighted by Gasteiger charge is -2.13. The normalized spacial score (nSPS) is 14.1. The summed E-state index contributed by atoms with van der Waals surface area (Å²) in [5.41, 5.74) is 1.81. The summed E-state index contributed by atoms with van der Waals surface area (Å²) >= 11 is 0. The largest absolute Gasteiger partial charge is 0.324 e. The van der Waals surface area contributed by atoms with E-state index in [0.29, 0.717) is 39.6 Å². The molecule has 534 valence electrons. The van der Waals surface area contributed by atoms with Crippen molar-refractivity contribution < 1.29 is 47.3 Å². The van der Waals surface area contributed by atoms with E-state index in [1.54, 1.807) is 137 Å². The Morgan fingerprint density at radius 2 is 0.731 bits per heavy atom. The summed E-state index contributed by atoms with van der Waals surface area (Å²) in [4.78, 5) is 87.1. The number of imidazole rings is 2. The van der Waals surface area contributed by atoms with Gasteiger partial charge in [0.25, 0.3) is 17.7 Å². The van der Waals surface area contributed by atoms with Crippen molar-refractivity contribution in [3.63, 3.8) is 0 Å². The summed E-state index contributed by atoms with van der Waals surface area (Å²) in [6, 6.07) is 9.06. The second-order valence-electron chi connectivity index (χ2n) is 23.6. The number of carbonyl (C=O) groups is 3. The summed E-state index contributed by atoms with van der Waals surface area (Å²) in [6.45, 7) is 5.44. The first-order chi connectivity index (χ1) is 62.4. The van der Waals surface area contributed by atoms with Gasteiger partial charge in [-0.15, -0.1) is 0 Å². The third-order valence-corrected chi connectivity index (χ3v) is 15.2. The molecule has 0 aliphatic carbocycles. The van der Waals surface area contributed by atoms with Crippen LogP contribution in [0.1, 0.15) is 114 Å². The number of aryl methyl sites for hydroxylation is 3. The molecule has 0 radical (unpaired) electrons. The molecule has 6 N–H and O–H groups in total. The van der Waals surface area contributed by atoms with Crippen molar-refractivity contribution in [1.29, 1.82) is 0 Å². The van der Waals surface area contributed by atoms with Crippen LogP contribution in [0.5, 0.6) is 0 Å². The van der Waals surface area contributed by atoms with Crippen LogP contribution in [-0.2, 0) is 0 Å². The van der Waals surface area contributed by atoms with Crippen LogP contribution >= 0.6 is 0 Å². The summed E-state index contributed by atoms with van der Waals surface area (Å²) in [7, 11) is 0. The zero-order chi connectivity index (χ0) is 95.9. The van der Waals surface area contributed by atoms with Gasteiger partial charge in [0, 0.05) is 173 Å². The molecule has 23 nitrogen and oxygen atoms in total. The molecule has 108 heavy (non-hydrogen) atoms. The lowest BCUT2D eigenvalue weighted by Crippen LogP contribution is -2.13. The fourth-order valence-electron chi connectivity index (χ4n) is 10.1. The molecule has 15 rings (SSSR count). The van der Waals surface area contributed by atoms with Gasteiger partial charge in [0.1, 0.15) is 0 Å². The molecule has 0 aliphatic rings. The van der Waals surface area contributed by atoms with Crippen molar-refractivity contribution in [2.24, 2.45) is 0 Å². The Morgan fingerprint density at radius 3 is 1.06 bits per heavy atom. The maximum absolute atomic E-state index is 13.7. The first-order valence-corrected chi connectivity index (χ1v) is 32.7. The van der Waals surface area contributed by atoms with E-state index in [4.69, 9.17) is 32.9 Å². The Labute approximate surface area is 658 Å². The molecule has 9 heterocycles. The molecule has 6 aromatic carbocycles. The van der Waals surface area contributed by atoms with Gasteiger partial charge in [-0.25, -0.2) is 39.9 Å². The van der Waals surface area contributed by atoms with E-state index in [9.17, 15) is 14.4 Å². The third kappa shape index (κ3) is 18.5. The van der Waals surface area contributed by atoms with Crippen LogP contribution in [0.25, 0.3) is 50.8 Å². The van der Waals surface area contributed by atoms with Gasteiger partial charge in [0.05, 0.1) is 65.8 Å². The van der Waals surface area contributed by atoms with Gasteiger partial charge >= 0.3 is 0 Å². The second-order valence-corrected chi connectivity index (χ2v) is 23.6. The van der Waals surface area contributed by atoms with Crippen LogP contribution in [0.15, 0.2) is 263 Å². The fraction of sp³-hybridized carbons (Fsp3) is 0.106. The predicted octanol–water partition coefficient (Wildman–Crippen LogP) is 17.5. The van der Waals surface area contributed by atoms with Gasteiger partial charge in [-0.1, -0.05) is 18.1 Å². The van der Waals surface area contributed by atoms with E-state index in [1.165, 1.54) is 65.7 Å². The van der Waals surface area contributed by atoms with Crippen LogP contribution in [-0.4, -0.2) is 86.2 Å². The van der Waals surface area contributed by atoms with Crippen molar-refractivity contribution in [2.45, 2.75) is 62.2 Å². The maximum Gasteiger partial charge on any atom is 0.255 e. The van der Waals surface area contributed by atoms with Crippen LogP contribution in [0.3, 0.4) is 0 Å². The van der Waals surface area contributed by atoms with Crippen molar-refractivity contribution in [3.05, 3.63) is 330 Å². The first kappa shape index (κ1) is 47.7. The Morgan fingerprint density at radius 1 is 0.370 bits per heavy atom. The number of anilines is 9. The molecule has 15 aromatic rings. The van der Waals surface area contributed by atoms with Crippen molar-refractivity contribution in [1.82, 2.24) is 68.5 Å². The highest BCUT2D eigenvalue weighted by Crippen LogP contribution is 2.30. The molecule has 0 saturated heterocycles. The molecule has 0 saturated carbocycles. The fourth-order valence-corrected chi connectivity index (χ4v) is 10.1. The maximum atomic E-state index is 13.7. The zero-order valence-corrected chi connectivity index (χ0v) is 58.4. The molecule has 0 fully saturated rings. The number of rotatable bonds is 18. The minimum atomic E-state index is -2.97. The summed E-state index contributed by atoms with van der Waals surface area (Å²) in [5, 5.41) is 15.6. The van der Waals surface area contributed by atoms with Crippen LogP contribution < -0.4 is 31.9 Å². The number of nitrogens with zero attached hydrogens (tertiary/aromatic N) is 14. The standard InChI is InChI=1S/C29H26N6O.2C28H25N7O/c1-19-9-12-35(18-19)25-14-20(2)13-24(16-25)32-28(36)22-7-6-21(3)27(15-22)34-29-31-11-8-26(33-29)23-5-4-10-30-17-23;2*1-18-11-23(14-24(12-18)35-16-20(3)31-17-35)32-27(36)21-7-6-19(2)26(13-21)34-28-30-10-8-25(33-28)22-5-4-9-29-15-22/h4-18H,1-3H3,(H,32,36)(H,31,33,34);2*4-17H,1-3H3,(H,32,36)(H,30,33,34)/i3D3,6D,7D,13D,14D,15D,16D;2D3,6D,7D,11D,12D,13D,14D;6D,7D,11D,12D,13D,14D. The van der Waals surface area contributed by atoms with Gasteiger partial charge < -0.3 is 45.6 Å². The van der Waals surface area contributed by atoms with Crippen molar-refractivity contribution >= 4 is 69.7 Å². The lowest BCUT2D eigenvalue weighted by atomic mass is 10.1. The number of hydrogen-bond donors (Lipinski definition) is 6. The van der Waals surface area contributed by atoms with E-state index >= 15 is 0 Å². The molecule has 23 heteroatoms. The predicted molar refractivity (Wildman–Crippen MR) is 424 cm³/mol. The van der Waals surface area contributed by atoms with Gasteiger partial charge in [0.2, 0.25) is 17.8 Å². The lowest BCUT2D eigenvalue weighted by molar-refractivity contribution is 0.101. The minimum Gasteiger partial charge on any atom is -0.324 e. The van der Waals surface area contributed by atoms with Gasteiger partial charge in [-0.2, -0.15) is 0 Å². The smallest absolute Gasteiger partial charge is 0.255 e. The van der Waals surface area contributed by atoms with Gasteiger partial charge in [-0.3, -0.25) is 29.3 Å². The molecule has 0 spiro atoms. The number of carbonyl (C=O) groups excluding carboxylic acids is 3. The van der Waals surface area contributed by atoms with E-state index < -0.39 is 113 Å². The summed E-state index contributed by atoms with van der Waals surface area (Å²) in [5.74, 6) is -3.34. The monoisotopic (exact) mass is 1450 g/mol. The minimum absolute atomic E-state index is 0.0449. The molecule has 0 unspecified atom stereocenters. The second kappa shape index (κ2) is 32.9. The number of aromatic nitrogens is 14. The molecule has 3 amide bonds. The molecular formula is C85H76N20O3. The van der Waals surface area contributed by atoms with Crippen LogP contribution in [0.2, 0.25) is 0 Å². The average Bonchev–Trinajstić information content (AvgIpc) is 0.866. The van der Waals surface area contributed by atoms with Gasteiger partial charge in [0.15, 0.2) is 0 Å². The number of pyridine rings is 3. The van der Waals surface area contributed by atoms with Gasteiger partial charge in [-0.05, 0) is 252 Å². The van der Waals surface area contributed by atoms with E-state index in [0.717, 1.165) is 11.1 Å². The van der Waals surface area contributed by atoms with E-state index in [2.05, 4.69) is 86.7 Å². The number of amides is 3. The topological polar surface area (TPSA) is 280 Å². The average molecular weight is 1450 g/mol. The quantitative estimate of drug-likeness (QED) is 0.0466. The molecule has 0 atom stereocenters. The number of nitrogens with one attached hydrogen (secondary N) is 6. The summed E-state index contributed by atoms with van der Waals surface area (Å²) in [6.07, 6.45) is 23.3. The Balaban J connectivity index is 0.000000168. The van der Waals surface area contributed by atoms with Crippen LogP contribution in [0.4, 0.5) is 52.0 Å². The van der Waals surface area contributed by atoms with E-state index in [-0.39, 0.29) is 146 Å². The highest BCUT2D eigenvalue weighted by molar-refractivity contribution is 6.07. The molecule has 0 aliphatic heterocycles. The Hall–Kier alpha value is -14.5. The highest BCUT2D eigenvalue weighted by atomic mass is 16.2. The number of benzene rings is 6. The SMILES string of the molecule is [2H]c1c(C)c([2H])c(-n2ccc(C)c2)c([2H])c1NC(=O)c1c([2H])c([2H])c(C([2H])([2H])[2H])c(Nc2nccc(-c3cccnc3)n2)c1[2H].[2H]c1c(C)c([2H])c(-n2cnc(C)c2)c([2H])c1NC(=O)c1c([2H])c([2H])c(C([2H])([2H])[2H])c(Nc2nccc(-c3cccnc3)n2)c1[2H].[2H]c1c([2H])c(C(=O)Nc2c([2H])c(C)c([2H])c(-n3cnc(C)c3)c2[2H])c([2H])c(Nc2nccc(-c3cccnc3)n2)c1C. The first-order valence-electron chi connectivity index (χ1n) is 44.7. The molecule has 0 bridgehead atoms. The number of hydrogen-bond acceptors (Lipinski definition) is 17. The zero-order valence-electron chi connectivity index (χ0n) is 82.4. The van der Waals surface area contributed by atoms with E-state index in [1.807, 2.05) is 13.0 Å². The summed E-state index contributed by atoms with van der Waals surface area (Å²) < 4.78 is 208. The Bertz CT molecular complexity index is 6820.